The molecule has 0 amide bonds. The van der Waals surface area contributed by atoms with Crippen LogP contribution in [0, 0.1) is 31.4 Å². The van der Waals surface area contributed by atoms with Gasteiger partial charge in [-0.05, 0) is 335 Å². The van der Waals surface area contributed by atoms with Gasteiger partial charge in [-0.3, -0.25) is 0 Å². The highest BCUT2D eigenvalue weighted by atomic mass is 35.5. The van der Waals surface area contributed by atoms with Crippen molar-refractivity contribution in [2.75, 3.05) is 18.0 Å². The summed E-state index contributed by atoms with van der Waals surface area (Å²) in [6, 6.07) is 85.4. The zero-order valence-electron chi connectivity index (χ0n) is 87.4. The minimum Gasteiger partial charge on any atom is -0.372 e. The van der Waals surface area contributed by atoms with Gasteiger partial charge in [-0.15, -0.1) is 0 Å². The molecular formula is C117H177Cl3F2N10. The number of anilines is 1. The van der Waals surface area contributed by atoms with Gasteiger partial charge >= 0.3 is 0 Å². The number of nitrogens with zero attached hydrogens (tertiary/aromatic N) is 1. The highest BCUT2D eigenvalue weighted by Gasteiger charge is 2.18. The van der Waals surface area contributed by atoms with E-state index in [1.54, 1.807) is 12.1 Å². The first kappa shape index (κ1) is 120. The molecule has 0 radical (unpaired) electrons. The number of rotatable bonds is 24. The second kappa shape index (κ2) is 62.2. The number of benzene rings is 10. The van der Waals surface area contributed by atoms with E-state index in [1.807, 2.05) is 97.1 Å². The van der Waals surface area contributed by atoms with E-state index >= 15 is 0 Å². The van der Waals surface area contributed by atoms with Crippen LogP contribution in [0.1, 0.15) is 299 Å². The Morgan fingerprint density at radius 3 is 1.15 bits per heavy atom. The van der Waals surface area contributed by atoms with Crippen LogP contribution in [0.25, 0.3) is 0 Å². The number of hydrogen-bond donors (Lipinski definition) is 9. The number of hydrogen-bond acceptors (Lipinski definition) is 10. The fraction of sp³-hybridized carbons (Fsp3) is 0.487. The van der Waals surface area contributed by atoms with Gasteiger partial charge in [0, 0.05) is 148 Å². The smallest absolute Gasteiger partial charge is 0.127 e. The molecule has 1 fully saturated rings. The fourth-order valence-electron chi connectivity index (χ4n) is 12.3. The lowest BCUT2D eigenvalue weighted by atomic mass is 10.0. The molecule has 1 aliphatic rings. The largest absolute Gasteiger partial charge is 0.372 e. The van der Waals surface area contributed by atoms with Gasteiger partial charge in [0.25, 0.3) is 0 Å². The number of nitrogens with one attached hydrogen (secondary N) is 9. The van der Waals surface area contributed by atoms with E-state index in [4.69, 9.17) is 34.8 Å². The normalized spacial score (nSPS) is 12.4. The Balaban J connectivity index is 0.000000497. The van der Waals surface area contributed by atoms with Crippen LogP contribution >= 0.6 is 34.8 Å². The lowest BCUT2D eigenvalue weighted by Gasteiger charge is -2.26. The van der Waals surface area contributed by atoms with E-state index in [1.165, 1.54) is 118 Å². The van der Waals surface area contributed by atoms with Crippen molar-refractivity contribution in [2.45, 2.75) is 355 Å². The lowest BCUT2D eigenvalue weighted by Crippen LogP contribution is -2.37. The first-order chi connectivity index (χ1) is 61.4. The van der Waals surface area contributed by atoms with Gasteiger partial charge < -0.3 is 52.8 Å². The average Bonchev–Trinajstić information content (AvgIpc) is 1.70. The predicted molar refractivity (Wildman–Crippen MR) is 577 cm³/mol. The topological polar surface area (TPSA) is 112 Å². The Labute approximate surface area is 819 Å². The highest BCUT2D eigenvalue weighted by molar-refractivity contribution is 6.31. The second-order valence-electron chi connectivity index (χ2n) is 43.4. The quantitative estimate of drug-likeness (QED) is 0.0290. The van der Waals surface area contributed by atoms with E-state index < -0.39 is 0 Å². The molecule has 11 rings (SSSR count). The summed E-state index contributed by atoms with van der Waals surface area (Å²) in [5.41, 5.74) is 17.7. The van der Waals surface area contributed by atoms with Crippen LogP contribution in [-0.4, -0.2) is 63.4 Å². The summed E-state index contributed by atoms with van der Waals surface area (Å²) in [7, 11) is 0. The SMILES string of the molecule is CC(C)(C)NCc1ccc(Cl)cc1.CC(C)(C)NCc1cccc(Cl)c1.CC(C)(C)NCc1cccc(N2CCCC2)c1.CC(C)(C)NCc1ccccc1Cl.CC(C)(C)NCc1ccccc1F.CC(C)CCCc1ccc(F)cc1.CC(C)NCc1ccccc1.CC(NC(C)(C)C)c1ccccc1.Cc1cccc(CNC(C)(C)C)c1.Cc1ccccc1CNC(C)(C)C. The fourth-order valence-corrected chi connectivity index (χ4v) is 12.9. The maximum absolute atomic E-state index is 13.1. The number of halogens is 5. The minimum absolute atomic E-state index is 0.0300. The first-order valence-electron chi connectivity index (χ1n) is 47.9. The van der Waals surface area contributed by atoms with Crippen LogP contribution < -0.4 is 52.8 Å². The van der Waals surface area contributed by atoms with E-state index in [0.29, 0.717) is 18.6 Å². The molecular weight excluding hydrogens is 1690 g/mol. The minimum atomic E-state index is -0.146. The molecule has 10 aromatic rings. The highest BCUT2D eigenvalue weighted by Crippen LogP contribution is 2.24. The molecule has 730 valence electrons. The Bertz CT molecular complexity index is 4430. The summed E-state index contributed by atoms with van der Waals surface area (Å²) >= 11 is 17.7. The molecule has 0 saturated carbocycles. The van der Waals surface area contributed by atoms with Crippen molar-refractivity contribution >= 4 is 40.5 Å². The van der Waals surface area contributed by atoms with Crippen molar-refractivity contribution in [3.05, 3.63) is 348 Å². The third-order valence-electron chi connectivity index (χ3n) is 19.8. The average molecular weight is 1870 g/mol. The van der Waals surface area contributed by atoms with Gasteiger partial charge in [0.15, 0.2) is 0 Å². The van der Waals surface area contributed by atoms with E-state index in [2.05, 4.69) is 395 Å². The zero-order chi connectivity index (χ0) is 99.4. The molecule has 0 aromatic heterocycles. The summed E-state index contributed by atoms with van der Waals surface area (Å²) < 4.78 is 25.7. The van der Waals surface area contributed by atoms with Crippen molar-refractivity contribution in [1.82, 2.24) is 47.9 Å². The Hall–Kier alpha value is -7.63. The molecule has 0 aliphatic carbocycles. The molecule has 0 bridgehead atoms. The van der Waals surface area contributed by atoms with Crippen LogP contribution in [0.5, 0.6) is 0 Å². The second-order valence-corrected chi connectivity index (χ2v) is 44.7. The first-order valence-corrected chi connectivity index (χ1v) is 49.0. The summed E-state index contributed by atoms with van der Waals surface area (Å²) in [5, 5.41) is 33.3. The Morgan fingerprint density at radius 2 is 0.705 bits per heavy atom. The molecule has 1 atom stereocenters. The maximum atomic E-state index is 13.1. The molecule has 1 unspecified atom stereocenters. The molecule has 1 saturated heterocycles. The summed E-state index contributed by atoms with van der Waals surface area (Å²) in [6.07, 6.45) is 6.19. The van der Waals surface area contributed by atoms with Crippen molar-refractivity contribution in [3.8, 4) is 0 Å². The monoisotopic (exact) mass is 1870 g/mol. The van der Waals surface area contributed by atoms with Crippen LogP contribution in [0.2, 0.25) is 15.1 Å². The standard InChI is InChI=1S/C15H24N2.C12H17F.3C12H19N.3C11H16ClN.C11H16FN.C10H15N/c1-15(2,3)16-12-13-7-6-8-14(11-13)17-9-4-5-10-17;1-10(2)4-3-5-11-6-8-12(13)9-7-11;1-10-6-5-7-11(8-10)9-13-12(2,3)4;1-10-7-5-6-8-11(10)9-13-12(2,3)4;1-10(13-12(2,3)4)11-8-6-5-7-9-11;1-11(2,3)13-8-9-4-6-10(12)7-5-9;1-11(2,3)13-8-9-5-4-6-10(12)7-9;2*1-11(2,3)13-8-9-6-4-5-7-10(9)12;1-9(2)11-8-10-6-4-3-5-7-10/h6-8,11,16H,4-5,9-10,12H2,1-3H3;6-10H,3-5H2,1-2H3;2*5-8,13H,9H2,1-4H3;5-10,13H,1-4H3;4*4-7,13H,8H2,1-3H3;3-7,9,11H,8H2,1-2H3. The van der Waals surface area contributed by atoms with Gasteiger partial charge in [-0.25, -0.2) is 8.78 Å². The molecule has 0 spiro atoms. The van der Waals surface area contributed by atoms with Gasteiger partial charge in [-0.2, -0.15) is 0 Å². The molecule has 15 heteroatoms. The Kier molecular flexibility index (Phi) is 56.7. The predicted octanol–water partition coefficient (Wildman–Crippen LogP) is 30.5. The van der Waals surface area contributed by atoms with Gasteiger partial charge in [0.2, 0.25) is 0 Å². The van der Waals surface area contributed by atoms with E-state index in [-0.39, 0.29) is 55.9 Å². The zero-order valence-corrected chi connectivity index (χ0v) is 89.7. The van der Waals surface area contributed by atoms with Crippen molar-refractivity contribution in [1.29, 1.82) is 0 Å². The molecule has 132 heavy (non-hydrogen) atoms. The third kappa shape index (κ3) is 66.7. The summed E-state index contributed by atoms with van der Waals surface area (Å²) in [5.74, 6) is 0.479. The Morgan fingerprint density at radius 1 is 0.326 bits per heavy atom. The third-order valence-corrected chi connectivity index (χ3v) is 20.7. The van der Waals surface area contributed by atoms with Crippen LogP contribution in [0.4, 0.5) is 14.5 Å². The molecule has 10 nitrogen and oxygen atoms in total. The van der Waals surface area contributed by atoms with Crippen molar-refractivity contribution < 1.29 is 8.78 Å². The summed E-state index contributed by atoms with van der Waals surface area (Å²) in [6.45, 7) is 76.5. The molecule has 1 aliphatic heterocycles. The maximum Gasteiger partial charge on any atom is 0.127 e. The van der Waals surface area contributed by atoms with Crippen LogP contribution in [0.3, 0.4) is 0 Å². The molecule has 9 N–H and O–H groups in total. The molecule has 10 aromatic carbocycles. The van der Waals surface area contributed by atoms with Crippen LogP contribution in [-0.2, 0) is 58.8 Å². The van der Waals surface area contributed by atoms with Gasteiger partial charge in [0.1, 0.15) is 11.6 Å². The summed E-state index contributed by atoms with van der Waals surface area (Å²) in [4.78, 5) is 2.49. The van der Waals surface area contributed by atoms with Gasteiger partial charge in [-0.1, -0.05) is 269 Å². The van der Waals surface area contributed by atoms with E-state index in [9.17, 15) is 8.78 Å². The van der Waals surface area contributed by atoms with Crippen molar-refractivity contribution in [3.63, 3.8) is 0 Å². The van der Waals surface area contributed by atoms with Gasteiger partial charge in [0.05, 0.1) is 0 Å². The van der Waals surface area contributed by atoms with Crippen molar-refractivity contribution in [2.24, 2.45) is 5.92 Å². The lowest BCUT2D eigenvalue weighted by molar-refractivity contribution is 0.378. The van der Waals surface area contributed by atoms with E-state index in [0.717, 1.165) is 84.3 Å². The number of aryl methyl sites for hydroxylation is 3. The van der Waals surface area contributed by atoms with Crippen LogP contribution in [0.15, 0.2) is 255 Å². The molecule has 1 heterocycles.